The van der Waals surface area contributed by atoms with Gasteiger partial charge in [-0.2, -0.15) is 5.26 Å². The smallest absolute Gasteiger partial charge is 0.237 e. The number of nitrogens with zero attached hydrogens (tertiary/aromatic N) is 4. The van der Waals surface area contributed by atoms with E-state index in [1.165, 1.54) is 52.3 Å². The van der Waals surface area contributed by atoms with Gasteiger partial charge in [0.25, 0.3) is 0 Å². The first-order valence-corrected chi connectivity index (χ1v) is 9.18. The Bertz CT molecular complexity index is 757. The van der Waals surface area contributed by atoms with Gasteiger partial charge in [0.2, 0.25) is 11.0 Å². The standard InChI is InChI=1S/C16H16FN5OS2/c1-2-9-19-15-20-21-16(25-15)24-11-14(23)22(10-3-8-18)13-6-4-12(17)5-7-13/h2,4-7H,1,3,9-11H2,(H,19,20). The van der Waals surface area contributed by atoms with Crippen LogP contribution < -0.4 is 10.2 Å². The van der Waals surface area contributed by atoms with Gasteiger partial charge in [0, 0.05) is 18.8 Å². The first-order valence-electron chi connectivity index (χ1n) is 7.38. The lowest BCUT2D eigenvalue weighted by Crippen LogP contribution is -2.33. The largest absolute Gasteiger partial charge is 0.357 e. The van der Waals surface area contributed by atoms with Gasteiger partial charge >= 0.3 is 0 Å². The lowest BCUT2D eigenvalue weighted by molar-refractivity contribution is -0.116. The van der Waals surface area contributed by atoms with Gasteiger partial charge in [-0.05, 0) is 24.3 Å². The highest BCUT2D eigenvalue weighted by Gasteiger charge is 2.17. The second kappa shape index (κ2) is 9.76. The van der Waals surface area contributed by atoms with E-state index in [-0.39, 0.29) is 30.4 Å². The highest BCUT2D eigenvalue weighted by atomic mass is 32.2. The quantitative estimate of drug-likeness (QED) is 0.533. The highest BCUT2D eigenvalue weighted by molar-refractivity contribution is 8.01. The minimum atomic E-state index is -0.376. The van der Waals surface area contributed by atoms with E-state index in [0.717, 1.165) is 0 Å². The normalized spacial score (nSPS) is 10.1. The van der Waals surface area contributed by atoms with Crippen LogP contribution in [-0.2, 0) is 4.79 Å². The summed E-state index contributed by atoms with van der Waals surface area (Å²) in [6.07, 6.45) is 1.91. The molecule has 0 radical (unpaired) electrons. The predicted molar refractivity (Wildman–Crippen MR) is 98.3 cm³/mol. The molecule has 6 nitrogen and oxygen atoms in total. The number of rotatable bonds is 9. The van der Waals surface area contributed by atoms with Gasteiger partial charge in [-0.3, -0.25) is 4.79 Å². The number of nitrogens with one attached hydrogen (secondary N) is 1. The van der Waals surface area contributed by atoms with Gasteiger partial charge in [0.05, 0.1) is 18.2 Å². The second-order valence-corrected chi connectivity index (χ2v) is 6.96. The Morgan fingerprint density at radius 1 is 1.44 bits per heavy atom. The van der Waals surface area contributed by atoms with Crippen molar-refractivity contribution in [1.82, 2.24) is 10.2 Å². The molecule has 0 saturated carbocycles. The number of hydrogen-bond acceptors (Lipinski definition) is 7. The fraction of sp³-hybridized carbons (Fsp3) is 0.250. The number of anilines is 2. The number of carbonyl (C=O) groups excluding carboxylic acids is 1. The average Bonchev–Trinajstić information content (AvgIpc) is 3.07. The van der Waals surface area contributed by atoms with E-state index in [1.807, 2.05) is 6.07 Å². The molecule has 1 amide bonds. The molecule has 0 bridgehead atoms. The van der Waals surface area contributed by atoms with Crippen molar-refractivity contribution in [2.45, 2.75) is 10.8 Å². The van der Waals surface area contributed by atoms with Crippen molar-refractivity contribution in [2.24, 2.45) is 0 Å². The van der Waals surface area contributed by atoms with Crippen molar-refractivity contribution in [3.05, 3.63) is 42.7 Å². The van der Waals surface area contributed by atoms with Gasteiger partial charge in [-0.25, -0.2) is 4.39 Å². The zero-order valence-electron chi connectivity index (χ0n) is 13.3. The van der Waals surface area contributed by atoms with Crippen molar-refractivity contribution < 1.29 is 9.18 Å². The molecule has 1 aromatic heterocycles. The van der Waals surface area contributed by atoms with E-state index in [4.69, 9.17) is 5.26 Å². The van der Waals surface area contributed by atoms with Crippen LogP contribution in [0.1, 0.15) is 6.42 Å². The number of nitriles is 1. The zero-order chi connectivity index (χ0) is 18.1. The van der Waals surface area contributed by atoms with Gasteiger partial charge in [-0.15, -0.1) is 16.8 Å². The summed E-state index contributed by atoms with van der Waals surface area (Å²) in [7, 11) is 0. The van der Waals surface area contributed by atoms with Crippen molar-refractivity contribution in [2.75, 3.05) is 29.1 Å². The molecule has 0 fully saturated rings. The summed E-state index contributed by atoms with van der Waals surface area (Å²) in [6, 6.07) is 7.65. The highest BCUT2D eigenvalue weighted by Crippen LogP contribution is 2.26. The fourth-order valence-electron chi connectivity index (χ4n) is 1.88. The van der Waals surface area contributed by atoms with E-state index in [2.05, 4.69) is 22.1 Å². The van der Waals surface area contributed by atoms with Gasteiger partial charge in [0.1, 0.15) is 5.82 Å². The number of aromatic nitrogens is 2. The molecule has 2 rings (SSSR count). The lowest BCUT2D eigenvalue weighted by atomic mass is 10.2. The molecule has 130 valence electrons. The third-order valence-corrected chi connectivity index (χ3v) is 5.01. The second-order valence-electron chi connectivity index (χ2n) is 4.76. The Kier molecular flexibility index (Phi) is 7.37. The molecule has 1 aromatic carbocycles. The molecule has 0 saturated heterocycles. The first-order chi connectivity index (χ1) is 12.1. The summed E-state index contributed by atoms with van der Waals surface area (Å²) in [5, 5.41) is 20.5. The van der Waals surface area contributed by atoms with Gasteiger partial charge < -0.3 is 10.2 Å². The summed E-state index contributed by atoms with van der Waals surface area (Å²) >= 11 is 2.62. The fourth-order valence-corrected chi connectivity index (χ4v) is 3.52. The summed E-state index contributed by atoms with van der Waals surface area (Å²) in [6.45, 7) is 4.45. The minimum absolute atomic E-state index is 0.152. The first kappa shape index (κ1) is 18.9. The van der Waals surface area contributed by atoms with Crippen LogP contribution in [0, 0.1) is 17.1 Å². The maximum atomic E-state index is 13.1. The van der Waals surface area contributed by atoms with Crippen LogP contribution in [0.4, 0.5) is 15.2 Å². The molecular formula is C16H16FN5OS2. The van der Waals surface area contributed by atoms with Crippen molar-refractivity contribution in [1.29, 1.82) is 5.26 Å². The molecule has 0 spiro atoms. The molecule has 25 heavy (non-hydrogen) atoms. The van der Waals surface area contributed by atoms with Crippen molar-refractivity contribution in [3.8, 4) is 6.07 Å². The van der Waals surface area contributed by atoms with Crippen LogP contribution in [0.5, 0.6) is 0 Å². The molecule has 2 aromatic rings. The Morgan fingerprint density at radius 3 is 2.88 bits per heavy atom. The van der Waals surface area contributed by atoms with Gasteiger partial charge in [-0.1, -0.05) is 29.2 Å². The molecule has 0 unspecified atom stereocenters. The van der Waals surface area contributed by atoms with E-state index in [0.29, 0.717) is 21.7 Å². The molecule has 1 N–H and O–H groups in total. The van der Waals surface area contributed by atoms with Crippen LogP contribution in [0.3, 0.4) is 0 Å². The maximum absolute atomic E-state index is 13.1. The van der Waals surface area contributed by atoms with E-state index >= 15 is 0 Å². The van der Waals surface area contributed by atoms with Crippen LogP contribution in [0.2, 0.25) is 0 Å². The van der Waals surface area contributed by atoms with Crippen LogP contribution in [-0.4, -0.2) is 34.9 Å². The summed E-state index contributed by atoms with van der Waals surface area (Å²) in [4.78, 5) is 14.0. The van der Waals surface area contributed by atoms with Gasteiger partial charge in [0.15, 0.2) is 4.34 Å². The summed E-state index contributed by atoms with van der Waals surface area (Å²) < 4.78 is 13.7. The summed E-state index contributed by atoms with van der Waals surface area (Å²) in [5.74, 6) is -0.402. The Balaban J connectivity index is 1.99. The monoisotopic (exact) mass is 377 g/mol. The number of benzene rings is 1. The topological polar surface area (TPSA) is 81.9 Å². The molecule has 0 aliphatic carbocycles. The number of hydrogen-bond donors (Lipinski definition) is 1. The van der Waals surface area contributed by atoms with Crippen LogP contribution in [0.15, 0.2) is 41.3 Å². The molecule has 0 aliphatic heterocycles. The third kappa shape index (κ3) is 5.85. The minimum Gasteiger partial charge on any atom is -0.357 e. The number of thioether (sulfide) groups is 1. The maximum Gasteiger partial charge on any atom is 0.237 e. The van der Waals surface area contributed by atoms with Crippen LogP contribution >= 0.6 is 23.1 Å². The number of carbonyl (C=O) groups is 1. The Morgan fingerprint density at radius 2 is 2.20 bits per heavy atom. The zero-order valence-corrected chi connectivity index (χ0v) is 14.9. The lowest BCUT2D eigenvalue weighted by Gasteiger charge is -2.21. The summed E-state index contributed by atoms with van der Waals surface area (Å²) in [5.41, 5.74) is 0.563. The average molecular weight is 377 g/mol. The van der Waals surface area contributed by atoms with Crippen molar-refractivity contribution in [3.63, 3.8) is 0 Å². The van der Waals surface area contributed by atoms with E-state index in [1.54, 1.807) is 6.08 Å². The number of halogens is 1. The van der Waals surface area contributed by atoms with Crippen LogP contribution in [0.25, 0.3) is 0 Å². The molecule has 1 heterocycles. The molecule has 9 heteroatoms. The third-order valence-electron chi connectivity index (χ3n) is 3.01. The van der Waals surface area contributed by atoms with E-state index < -0.39 is 0 Å². The molecule has 0 aliphatic rings. The Labute approximate surface area is 153 Å². The van der Waals surface area contributed by atoms with Crippen molar-refractivity contribution >= 4 is 39.8 Å². The SMILES string of the molecule is C=CCNc1nnc(SCC(=O)N(CCC#N)c2ccc(F)cc2)s1. The predicted octanol–water partition coefficient (Wildman–Crippen LogP) is 3.31. The molecule has 0 atom stereocenters. The molecular weight excluding hydrogens is 361 g/mol. The number of amides is 1. The Hall–Kier alpha value is -2.44. The van der Waals surface area contributed by atoms with E-state index in [9.17, 15) is 9.18 Å².